The third-order valence-corrected chi connectivity index (χ3v) is 6.55. The molecule has 4 aromatic carbocycles. The molecule has 0 radical (unpaired) electrons. The van der Waals surface area contributed by atoms with Gasteiger partial charge in [0.1, 0.15) is 11.2 Å². The van der Waals surface area contributed by atoms with E-state index in [9.17, 15) is 0 Å². The highest BCUT2D eigenvalue weighted by molar-refractivity contribution is 6.07. The average molecular weight is 449 g/mol. The lowest BCUT2D eigenvalue weighted by atomic mass is 9.97. The van der Waals surface area contributed by atoms with Crippen molar-refractivity contribution < 1.29 is 4.42 Å². The lowest BCUT2D eigenvalue weighted by Gasteiger charge is -2.07. The Balaban J connectivity index is 1.51. The Hall–Kier alpha value is -3.40. The summed E-state index contributed by atoms with van der Waals surface area (Å²) in [5, 5.41) is 5.55. The number of nitrogens with one attached hydrogen (secondary N) is 1. The first kappa shape index (κ1) is 22.4. The summed E-state index contributed by atoms with van der Waals surface area (Å²) in [5.41, 5.74) is 15.2. The Kier molecular flexibility index (Phi) is 6.75. The molecule has 0 fully saturated rings. The van der Waals surface area contributed by atoms with Gasteiger partial charge in [-0.05, 0) is 103 Å². The zero-order valence-electron chi connectivity index (χ0n) is 19.8. The Morgan fingerprint density at radius 3 is 1.71 bits per heavy atom. The number of hydrogen-bond acceptors (Lipinski definition) is 3. The number of nitrogens with two attached hydrogens (primary N) is 1. The van der Waals surface area contributed by atoms with E-state index in [0.29, 0.717) is 0 Å². The molecule has 34 heavy (non-hydrogen) atoms. The highest BCUT2D eigenvalue weighted by Gasteiger charge is 2.11. The second kappa shape index (κ2) is 10.3. The van der Waals surface area contributed by atoms with E-state index in [1.807, 2.05) is 7.05 Å². The second-order valence-corrected chi connectivity index (χ2v) is 9.02. The molecule has 0 saturated heterocycles. The van der Waals surface area contributed by atoms with E-state index in [1.165, 1.54) is 33.4 Å². The molecule has 1 heterocycles. The molecule has 3 N–H and O–H groups in total. The van der Waals surface area contributed by atoms with Crippen molar-refractivity contribution in [2.45, 2.75) is 25.7 Å². The third-order valence-electron chi connectivity index (χ3n) is 6.55. The van der Waals surface area contributed by atoms with Crippen LogP contribution in [0.4, 0.5) is 0 Å². The smallest absolute Gasteiger partial charge is 0.135 e. The number of benzene rings is 4. The summed E-state index contributed by atoms with van der Waals surface area (Å²) >= 11 is 0. The van der Waals surface area contributed by atoms with Gasteiger partial charge in [-0.15, -0.1) is 0 Å². The molecule has 0 aliphatic rings. The predicted octanol–water partition coefficient (Wildman–Crippen LogP) is 6.96. The monoisotopic (exact) mass is 448 g/mol. The highest BCUT2D eigenvalue weighted by atomic mass is 16.3. The molecule has 3 heteroatoms. The van der Waals surface area contributed by atoms with E-state index in [4.69, 9.17) is 10.2 Å². The number of fused-ring (bicyclic) bond motifs is 3. The molecule has 0 amide bonds. The van der Waals surface area contributed by atoms with Crippen molar-refractivity contribution in [1.82, 2.24) is 5.32 Å². The van der Waals surface area contributed by atoms with Gasteiger partial charge in [-0.1, -0.05) is 60.7 Å². The Bertz CT molecular complexity index is 1420. The van der Waals surface area contributed by atoms with Crippen LogP contribution in [0.5, 0.6) is 0 Å². The van der Waals surface area contributed by atoms with Crippen LogP contribution in [0.25, 0.3) is 44.2 Å². The van der Waals surface area contributed by atoms with Crippen LogP contribution >= 0.6 is 0 Å². The average Bonchev–Trinajstić information content (AvgIpc) is 3.25. The van der Waals surface area contributed by atoms with Gasteiger partial charge in [0.2, 0.25) is 0 Å². The van der Waals surface area contributed by atoms with Gasteiger partial charge in [0.05, 0.1) is 0 Å². The minimum atomic E-state index is 0.721. The lowest BCUT2D eigenvalue weighted by molar-refractivity contribution is 0.669. The zero-order chi connectivity index (χ0) is 23.3. The van der Waals surface area contributed by atoms with Gasteiger partial charge in [0.25, 0.3) is 0 Å². The zero-order valence-corrected chi connectivity index (χ0v) is 19.8. The van der Waals surface area contributed by atoms with Gasteiger partial charge in [-0.25, -0.2) is 0 Å². The molecule has 172 valence electrons. The maximum absolute atomic E-state index is 6.18. The molecule has 0 spiro atoms. The summed E-state index contributed by atoms with van der Waals surface area (Å²) in [6, 6.07) is 30.7. The highest BCUT2D eigenvalue weighted by Crippen LogP contribution is 2.35. The molecule has 3 nitrogen and oxygen atoms in total. The summed E-state index contributed by atoms with van der Waals surface area (Å²) in [5.74, 6) is 0. The lowest BCUT2D eigenvalue weighted by Crippen LogP contribution is -2.08. The fourth-order valence-corrected chi connectivity index (χ4v) is 4.72. The second-order valence-electron chi connectivity index (χ2n) is 9.02. The minimum Gasteiger partial charge on any atom is -0.456 e. The van der Waals surface area contributed by atoms with Crippen LogP contribution in [0.1, 0.15) is 24.0 Å². The van der Waals surface area contributed by atoms with Crippen LogP contribution in [-0.2, 0) is 12.8 Å². The van der Waals surface area contributed by atoms with Crippen LogP contribution in [0.3, 0.4) is 0 Å². The number of rotatable bonds is 9. The van der Waals surface area contributed by atoms with E-state index in [2.05, 4.69) is 90.2 Å². The molecule has 0 atom stereocenters. The van der Waals surface area contributed by atoms with Crippen molar-refractivity contribution in [3.05, 3.63) is 96.1 Å². The fraction of sp³-hybridized carbons (Fsp3) is 0.226. The largest absolute Gasteiger partial charge is 0.456 e. The normalized spacial score (nSPS) is 11.5. The van der Waals surface area contributed by atoms with E-state index in [1.54, 1.807) is 0 Å². The standard InChI is InChI=1S/C31H32N2O/c1-33-17-5-9-23-7-3-11-25(19-23)27-13-15-31-29(21-27)28-20-26(12-14-30(28)34-31)24-10-2-6-22(18-24)8-4-16-32/h2-3,6-7,10-15,18-21,33H,4-5,8-9,16-17,32H2,1H3. The molecular formula is C31H32N2O. The summed E-state index contributed by atoms with van der Waals surface area (Å²) in [7, 11) is 2.00. The SMILES string of the molecule is CNCCCc1cccc(-c2ccc3oc4ccc(-c5cccc(CCCN)c5)cc4c3c2)c1. The molecular weight excluding hydrogens is 416 g/mol. The van der Waals surface area contributed by atoms with E-state index in [-0.39, 0.29) is 0 Å². The Morgan fingerprint density at radius 2 is 1.18 bits per heavy atom. The topological polar surface area (TPSA) is 51.2 Å². The molecule has 5 rings (SSSR count). The van der Waals surface area contributed by atoms with E-state index >= 15 is 0 Å². The third kappa shape index (κ3) is 4.77. The molecule has 0 aliphatic heterocycles. The van der Waals surface area contributed by atoms with Gasteiger partial charge < -0.3 is 15.5 Å². The maximum Gasteiger partial charge on any atom is 0.135 e. The van der Waals surface area contributed by atoms with Crippen LogP contribution < -0.4 is 11.1 Å². The van der Waals surface area contributed by atoms with Crippen LogP contribution in [0.15, 0.2) is 89.3 Å². The quantitative estimate of drug-likeness (QED) is 0.240. The number of aryl methyl sites for hydroxylation is 2. The summed E-state index contributed by atoms with van der Waals surface area (Å²) in [6.45, 7) is 1.76. The summed E-state index contributed by atoms with van der Waals surface area (Å²) in [4.78, 5) is 0. The van der Waals surface area contributed by atoms with Gasteiger partial charge in [-0.2, -0.15) is 0 Å². The van der Waals surface area contributed by atoms with Gasteiger partial charge in [0.15, 0.2) is 0 Å². The predicted molar refractivity (Wildman–Crippen MR) is 144 cm³/mol. The van der Waals surface area contributed by atoms with Crippen LogP contribution in [0.2, 0.25) is 0 Å². The van der Waals surface area contributed by atoms with E-state index < -0.39 is 0 Å². The van der Waals surface area contributed by atoms with Gasteiger partial charge in [-0.3, -0.25) is 0 Å². The minimum absolute atomic E-state index is 0.721. The Morgan fingerprint density at radius 1 is 0.647 bits per heavy atom. The first-order valence-corrected chi connectivity index (χ1v) is 12.2. The fourth-order valence-electron chi connectivity index (χ4n) is 4.72. The molecule has 0 aliphatic carbocycles. The van der Waals surface area contributed by atoms with Crippen molar-refractivity contribution in [2.75, 3.05) is 20.1 Å². The molecule has 0 unspecified atom stereocenters. The van der Waals surface area contributed by atoms with Crippen molar-refractivity contribution in [3.8, 4) is 22.3 Å². The molecule has 5 aromatic rings. The van der Waals surface area contributed by atoms with Crippen molar-refractivity contribution in [2.24, 2.45) is 5.73 Å². The van der Waals surface area contributed by atoms with Gasteiger partial charge >= 0.3 is 0 Å². The summed E-state index contributed by atoms with van der Waals surface area (Å²) < 4.78 is 6.18. The number of hydrogen-bond donors (Lipinski definition) is 2. The summed E-state index contributed by atoms with van der Waals surface area (Å²) in [6.07, 6.45) is 4.24. The van der Waals surface area contributed by atoms with Crippen molar-refractivity contribution >= 4 is 21.9 Å². The van der Waals surface area contributed by atoms with Gasteiger partial charge in [0, 0.05) is 10.8 Å². The molecule has 1 aromatic heterocycles. The first-order chi connectivity index (χ1) is 16.7. The Labute approximate surface area is 201 Å². The van der Waals surface area contributed by atoms with Crippen molar-refractivity contribution in [1.29, 1.82) is 0 Å². The number of furan rings is 1. The van der Waals surface area contributed by atoms with Crippen LogP contribution in [0, 0.1) is 0 Å². The molecule has 0 bridgehead atoms. The van der Waals surface area contributed by atoms with E-state index in [0.717, 1.165) is 60.7 Å². The van der Waals surface area contributed by atoms with Crippen LogP contribution in [-0.4, -0.2) is 20.1 Å². The first-order valence-electron chi connectivity index (χ1n) is 12.2. The van der Waals surface area contributed by atoms with Crippen molar-refractivity contribution in [3.63, 3.8) is 0 Å². The molecule has 0 saturated carbocycles. The maximum atomic E-state index is 6.18.